The molecule has 1 atom stereocenters. The number of carboxylic acid groups (broad SMARTS) is 1. The lowest BCUT2D eigenvalue weighted by Gasteiger charge is -2.20. The molecular formula is C10H7BrClNO2. The van der Waals surface area contributed by atoms with Crippen LogP contribution >= 0.6 is 27.5 Å². The van der Waals surface area contributed by atoms with Gasteiger partial charge in [-0.1, -0.05) is 27.5 Å². The Kier molecular flexibility index (Phi) is 2.56. The van der Waals surface area contributed by atoms with Gasteiger partial charge in [0.2, 0.25) is 0 Å². The fraction of sp³-hybridized carbons (Fsp3) is 0.200. The van der Waals surface area contributed by atoms with Gasteiger partial charge in [-0.25, -0.2) is 4.79 Å². The quantitative estimate of drug-likeness (QED) is 0.806. The molecule has 78 valence electrons. The molecule has 0 aromatic heterocycles. The van der Waals surface area contributed by atoms with Crippen molar-refractivity contribution in [1.29, 1.82) is 0 Å². The minimum absolute atomic E-state index is 0.144. The van der Waals surface area contributed by atoms with Crippen LogP contribution in [0.5, 0.6) is 0 Å². The van der Waals surface area contributed by atoms with E-state index in [1.165, 1.54) is 0 Å². The van der Waals surface area contributed by atoms with E-state index in [-0.39, 0.29) is 11.5 Å². The van der Waals surface area contributed by atoms with Crippen molar-refractivity contribution in [2.24, 2.45) is 10.9 Å². The highest BCUT2D eigenvalue weighted by molar-refractivity contribution is 9.11. The summed E-state index contributed by atoms with van der Waals surface area (Å²) in [7, 11) is 0. The zero-order chi connectivity index (χ0) is 11.2. The summed E-state index contributed by atoms with van der Waals surface area (Å²) in [5, 5.41) is 9.28. The largest absolute Gasteiger partial charge is 0.478 e. The van der Waals surface area contributed by atoms with Crippen LogP contribution in [0, 0.1) is 5.92 Å². The average Bonchev–Trinajstić information content (AvgIpc) is 2.54. The molecule has 1 heterocycles. The molecule has 1 aliphatic carbocycles. The lowest BCUT2D eigenvalue weighted by Crippen LogP contribution is -2.20. The van der Waals surface area contributed by atoms with Crippen LogP contribution in [0.4, 0.5) is 0 Å². The number of hydrogen-bond acceptors (Lipinski definition) is 2. The molecule has 0 saturated heterocycles. The van der Waals surface area contributed by atoms with Crippen molar-refractivity contribution >= 4 is 39.2 Å². The molecule has 0 aromatic rings. The Balaban J connectivity index is 2.57. The van der Waals surface area contributed by atoms with Crippen LogP contribution in [0.3, 0.4) is 0 Å². The smallest absolute Gasteiger partial charge is 0.336 e. The van der Waals surface area contributed by atoms with Gasteiger partial charge >= 0.3 is 5.97 Å². The average molecular weight is 289 g/mol. The van der Waals surface area contributed by atoms with E-state index in [0.29, 0.717) is 5.03 Å². The molecule has 2 rings (SSSR count). The number of rotatable bonds is 1. The molecular weight excluding hydrogens is 281 g/mol. The van der Waals surface area contributed by atoms with E-state index >= 15 is 0 Å². The highest BCUT2D eigenvalue weighted by Crippen LogP contribution is 2.40. The summed E-state index contributed by atoms with van der Waals surface area (Å²) in [6, 6.07) is 0. The first-order chi connectivity index (χ1) is 7.02. The first-order valence-electron chi connectivity index (χ1n) is 4.27. The molecule has 0 saturated carbocycles. The maximum absolute atomic E-state index is 10.9. The summed E-state index contributed by atoms with van der Waals surface area (Å²) < 4.78 is 0.800. The highest BCUT2D eigenvalue weighted by atomic mass is 79.9. The third-order valence-corrected chi connectivity index (χ3v) is 3.47. The van der Waals surface area contributed by atoms with E-state index in [9.17, 15) is 4.79 Å². The minimum Gasteiger partial charge on any atom is -0.478 e. The van der Waals surface area contributed by atoms with Gasteiger partial charge in [0.25, 0.3) is 0 Å². The molecule has 0 spiro atoms. The van der Waals surface area contributed by atoms with Crippen LogP contribution in [-0.2, 0) is 4.79 Å². The zero-order valence-electron chi connectivity index (χ0n) is 7.79. The molecule has 0 aromatic carbocycles. The van der Waals surface area contributed by atoms with Gasteiger partial charge in [-0.05, 0) is 18.6 Å². The molecule has 1 aliphatic heterocycles. The summed E-state index contributed by atoms with van der Waals surface area (Å²) in [4.78, 5) is 15.1. The van der Waals surface area contributed by atoms with Gasteiger partial charge < -0.3 is 5.11 Å². The highest BCUT2D eigenvalue weighted by Gasteiger charge is 2.34. The monoisotopic (exact) mass is 287 g/mol. The van der Waals surface area contributed by atoms with Crippen molar-refractivity contribution in [3.63, 3.8) is 0 Å². The standard InChI is InChI=1S/C10H7BrClNO2/c1-4-2-5(10(14)15)8(12)7-6(11)3-13-9(4)7/h2-3,7H,1H3,(H,14,15). The predicted octanol–water partition coefficient (Wildman–Crippen LogP) is 2.83. The van der Waals surface area contributed by atoms with Gasteiger partial charge in [0, 0.05) is 15.7 Å². The van der Waals surface area contributed by atoms with E-state index in [0.717, 1.165) is 15.8 Å². The van der Waals surface area contributed by atoms with Gasteiger partial charge in [0.05, 0.1) is 17.2 Å². The van der Waals surface area contributed by atoms with Crippen LogP contribution in [0.25, 0.3) is 0 Å². The summed E-state index contributed by atoms with van der Waals surface area (Å²) in [6.07, 6.45) is 3.21. The molecule has 15 heavy (non-hydrogen) atoms. The molecule has 0 amide bonds. The van der Waals surface area contributed by atoms with Crippen LogP contribution in [0.1, 0.15) is 6.92 Å². The molecule has 1 unspecified atom stereocenters. The van der Waals surface area contributed by atoms with Crippen LogP contribution in [0.2, 0.25) is 0 Å². The first kappa shape index (κ1) is 10.6. The molecule has 5 heteroatoms. The Hall–Kier alpha value is -0.870. The first-order valence-corrected chi connectivity index (χ1v) is 5.44. The number of hydrogen-bond donors (Lipinski definition) is 1. The number of allylic oxidation sites excluding steroid dienone is 3. The summed E-state index contributed by atoms with van der Waals surface area (Å²) >= 11 is 9.37. The molecule has 1 N–H and O–H groups in total. The van der Waals surface area contributed by atoms with Crippen LogP contribution in [0.15, 0.2) is 37.9 Å². The molecule has 0 fully saturated rings. The topological polar surface area (TPSA) is 49.7 Å². The molecule has 3 nitrogen and oxygen atoms in total. The third-order valence-electron chi connectivity index (χ3n) is 2.38. The van der Waals surface area contributed by atoms with E-state index in [4.69, 9.17) is 16.7 Å². The Morgan fingerprint density at radius 3 is 2.93 bits per heavy atom. The van der Waals surface area contributed by atoms with Gasteiger partial charge in [0.1, 0.15) is 0 Å². The molecule has 2 aliphatic rings. The van der Waals surface area contributed by atoms with Crippen molar-refractivity contribution in [3.05, 3.63) is 32.9 Å². The number of aliphatic imine (C=N–C) groups is 1. The number of nitrogens with zero attached hydrogens (tertiary/aromatic N) is 1. The maximum atomic E-state index is 10.9. The number of fused-ring (bicyclic) bond motifs is 1. The Morgan fingerprint density at radius 1 is 1.67 bits per heavy atom. The van der Waals surface area contributed by atoms with Crippen molar-refractivity contribution in [1.82, 2.24) is 0 Å². The number of carbonyl (C=O) groups is 1. The number of halogens is 2. The van der Waals surface area contributed by atoms with Gasteiger partial charge in [-0.3, -0.25) is 4.99 Å². The van der Waals surface area contributed by atoms with Gasteiger partial charge in [-0.2, -0.15) is 0 Å². The maximum Gasteiger partial charge on any atom is 0.336 e. The van der Waals surface area contributed by atoms with Gasteiger partial charge in [-0.15, -0.1) is 0 Å². The summed E-state index contributed by atoms with van der Waals surface area (Å²) in [5.41, 5.74) is 1.80. The van der Waals surface area contributed by atoms with E-state index < -0.39 is 5.97 Å². The minimum atomic E-state index is -1.01. The third kappa shape index (κ3) is 1.58. The lowest BCUT2D eigenvalue weighted by atomic mass is 9.89. The van der Waals surface area contributed by atoms with Crippen molar-refractivity contribution in [2.75, 3.05) is 0 Å². The SMILES string of the molecule is CC1=CC(C(=O)O)=C(Cl)C2C(Br)=CN=C12. The second-order valence-corrected chi connectivity index (χ2v) is 4.68. The van der Waals surface area contributed by atoms with E-state index in [2.05, 4.69) is 20.9 Å². The Bertz CT molecular complexity index is 474. The zero-order valence-corrected chi connectivity index (χ0v) is 10.1. The fourth-order valence-corrected chi connectivity index (χ4v) is 2.70. The van der Waals surface area contributed by atoms with E-state index in [1.54, 1.807) is 12.3 Å². The van der Waals surface area contributed by atoms with Crippen molar-refractivity contribution < 1.29 is 9.90 Å². The Labute approximate surface area is 100.0 Å². The molecule has 0 radical (unpaired) electrons. The number of aliphatic carboxylic acids is 1. The van der Waals surface area contributed by atoms with Crippen LogP contribution in [-0.4, -0.2) is 16.8 Å². The van der Waals surface area contributed by atoms with Gasteiger partial charge in [0.15, 0.2) is 0 Å². The normalized spacial score (nSPS) is 24.5. The summed E-state index contributed by atoms with van der Waals surface area (Å²) in [6.45, 7) is 1.83. The fourth-order valence-electron chi connectivity index (χ4n) is 1.66. The molecule has 0 bridgehead atoms. The van der Waals surface area contributed by atoms with Crippen LogP contribution < -0.4 is 0 Å². The second kappa shape index (κ2) is 3.61. The second-order valence-electron chi connectivity index (χ2n) is 3.36. The van der Waals surface area contributed by atoms with Crippen molar-refractivity contribution in [3.8, 4) is 0 Å². The number of carboxylic acids is 1. The van der Waals surface area contributed by atoms with Crippen molar-refractivity contribution in [2.45, 2.75) is 6.92 Å². The Morgan fingerprint density at radius 2 is 2.33 bits per heavy atom. The summed E-state index contributed by atoms with van der Waals surface area (Å²) in [5.74, 6) is -1.24. The lowest BCUT2D eigenvalue weighted by molar-refractivity contribution is -0.132. The predicted molar refractivity (Wildman–Crippen MR) is 62.2 cm³/mol. The van der Waals surface area contributed by atoms with E-state index in [1.807, 2.05) is 6.92 Å².